The number of para-hydroxylation sites is 1. The molecule has 1 aliphatic rings. The summed E-state index contributed by atoms with van der Waals surface area (Å²) in [6.07, 6.45) is 1.09. The van der Waals surface area contributed by atoms with E-state index in [9.17, 15) is 8.42 Å². The molecule has 0 bridgehead atoms. The molecule has 0 aromatic heterocycles. The molecular formula is C16H26N2O2S. The first kappa shape index (κ1) is 16.3. The molecule has 5 heteroatoms. The number of hydrogen-bond donors (Lipinski definition) is 1. The van der Waals surface area contributed by atoms with Gasteiger partial charge in [0, 0.05) is 19.1 Å². The van der Waals surface area contributed by atoms with Crippen LogP contribution in [0.3, 0.4) is 0 Å². The Kier molecular flexibility index (Phi) is 4.94. The third-order valence-corrected chi connectivity index (χ3v) is 6.40. The molecule has 1 N–H and O–H groups in total. The topological polar surface area (TPSA) is 49.4 Å². The van der Waals surface area contributed by atoms with Crippen molar-refractivity contribution >= 4 is 15.7 Å². The standard InChI is InChI=1S/C16H26N2O2S/c1-5-17-15-8-6-7-9-16(15)21(19,20)18-11-12(2)10-13(3)14(18)4/h6-9,12-14,17H,5,10-11H2,1-4H3. The first-order valence-electron chi connectivity index (χ1n) is 7.72. The third kappa shape index (κ3) is 3.24. The van der Waals surface area contributed by atoms with E-state index in [2.05, 4.69) is 19.2 Å². The smallest absolute Gasteiger partial charge is 0.245 e. The van der Waals surface area contributed by atoms with Gasteiger partial charge in [-0.15, -0.1) is 0 Å². The van der Waals surface area contributed by atoms with E-state index in [4.69, 9.17) is 0 Å². The zero-order chi connectivity index (χ0) is 15.6. The normalized spacial score (nSPS) is 27.5. The lowest BCUT2D eigenvalue weighted by molar-refractivity contribution is 0.157. The Bertz CT molecular complexity index is 586. The monoisotopic (exact) mass is 310 g/mol. The fourth-order valence-corrected chi connectivity index (χ4v) is 5.15. The number of nitrogens with one attached hydrogen (secondary N) is 1. The molecule has 1 heterocycles. The van der Waals surface area contributed by atoms with E-state index < -0.39 is 10.0 Å². The predicted molar refractivity (Wildman–Crippen MR) is 86.9 cm³/mol. The van der Waals surface area contributed by atoms with Gasteiger partial charge in [-0.05, 0) is 44.2 Å². The maximum atomic E-state index is 13.1. The van der Waals surface area contributed by atoms with Crippen LogP contribution in [0.4, 0.5) is 5.69 Å². The molecule has 0 saturated carbocycles. The number of nitrogens with zero attached hydrogens (tertiary/aromatic N) is 1. The van der Waals surface area contributed by atoms with E-state index in [-0.39, 0.29) is 6.04 Å². The quantitative estimate of drug-likeness (QED) is 0.929. The van der Waals surface area contributed by atoms with Gasteiger partial charge in [0.05, 0.1) is 5.69 Å². The van der Waals surface area contributed by atoms with Crippen LogP contribution in [0.2, 0.25) is 0 Å². The number of hydrogen-bond acceptors (Lipinski definition) is 3. The van der Waals surface area contributed by atoms with Crippen LogP contribution in [-0.2, 0) is 10.0 Å². The van der Waals surface area contributed by atoms with Crippen LogP contribution in [-0.4, -0.2) is 31.9 Å². The highest BCUT2D eigenvalue weighted by Gasteiger charge is 2.37. The first-order valence-corrected chi connectivity index (χ1v) is 9.16. The van der Waals surface area contributed by atoms with Crippen LogP contribution < -0.4 is 5.32 Å². The van der Waals surface area contributed by atoms with Crippen LogP contribution in [0.25, 0.3) is 0 Å². The Hall–Kier alpha value is -1.07. The Balaban J connectivity index is 2.42. The average Bonchev–Trinajstić information content (AvgIpc) is 2.43. The van der Waals surface area contributed by atoms with Crippen molar-refractivity contribution in [2.45, 2.75) is 45.1 Å². The molecule has 1 fully saturated rings. The molecule has 2 rings (SSSR count). The first-order chi connectivity index (χ1) is 9.87. The molecule has 1 saturated heterocycles. The molecular weight excluding hydrogens is 284 g/mol. The molecule has 0 aliphatic carbocycles. The van der Waals surface area contributed by atoms with Gasteiger partial charge in [-0.1, -0.05) is 26.0 Å². The molecule has 1 aromatic rings. The van der Waals surface area contributed by atoms with E-state index in [1.165, 1.54) is 0 Å². The van der Waals surface area contributed by atoms with Crippen LogP contribution in [0, 0.1) is 11.8 Å². The van der Waals surface area contributed by atoms with Crippen molar-refractivity contribution < 1.29 is 8.42 Å². The summed E-state index contributed by atoms with van der Waals surface area (Å²) >= 11 is 0. The van der Waals surface area contributed by atoms with Gasteiger partial charge in [0.2, 0.25) is 10.0 Å². The van der Waals surface area contributed by atoms with Gasteiger partial charge in [0.25, 0.3) is 0 Å². The van der Waals surface area contributed by atoms with Gasteiger partial charge in [-0.25, -0.2) is 8.42 Å². The zero-order valence-corrected chi connectivity index (χ0v) is 14.2. The highest BCUT2D eigenvalue weighted by Crippen LogP contribution is 2.33. The number of anilines is 1. The summed E-state index contributed by atoms with van der Waals surface area (Å²) in [4.78, 5) is 0.389. The molecule has 4 nitrogen and oxygen atoms in total. The predicted octanol–water partition coefficient (Wildman–Crippen LogP) is 3.17. The molecule has 3 atom stereocenters. The second-order valence-electron chi connectivity index (χ2n) is 6.16. The van der Waals surface area contributed by atoms with Crippen LogP contribution in [0.1, 0.15) is 34.1 Å². The fourth-order valence-electron chi connectivity index (χ4n) is 3.13. The fraction of sp³-hybridized carbons (Fsp3) is 0.625. The Labute approximate surface area is 128 Å². The molecule has 1 aromatic carbocycles. The van der Waals surface area contributed by atoms with Gasteiger partial charge < -0.3 is 5.32 Å². The van der Waals surface area contributed by atoms with Crippen molar-refractivity contribution in [1.29, 1.82) is 0 Å². The lowest BCUT2D eigenvalue weighted by atomic mass is 9.88. The number of benzene rings is 1. The molecule has 118 valence electrons. The van der Waals surface area contributed by atoms with Gasteiger partial charge >= 0.3 is 0 Å². The van der Waals surface area contributed by atoms with Crippen molar-refractivity contribution in [3.8, 4) is 0 Å². The highest BCUT2D eigenvalue weighted by atomic mass is 32.2. The SMILES string of the molecule is CCNc1ccccc1S(=O)(=O)N1CC(C)CC(C)C1C. The van der Waals surface area contributed by atoms with E-state index in [1.54, 1.807) is 16.4 Å². The summed E-state index contributed by atoms with van der Waals surface area (Å²) in [5, 5.41) is 3.15. The maximum Gasteiger partial charge on any atom is 0.245 e. The Morgan fingerprint density at radius 3 is 2.57 bits per heavy atom. The highest BCUT2D eigenvalue weighted by molar-refractivity contribution is 7.89. The summed E-state index contributed by atoms with van der Waals surface area (Å²) in [5.74, 6) is 0.784. The van der Waals surface area contributed by atoms with Crippen molar-refractivity contribution in [2.75, 3.05) is 18.4 Å². The summed E-state index contributed by atoms with van der Waals surface area (Å²) in [5.41, 5.74) is 0.693. The zero-order valence-electron chi connectivity index (χ0n) is 13.3. The number of sulfonamides is 1. The van der Waals surface area contributed by atoms with E-state index in [0.29, 0.717) is 35.5 Å². The molecule has 1 aliphatic heterocycles. The lowest BCUT2D eigenvalue weighted by Gasteiger charge is -2.40. The minimum Gasteiger partial charge on any atom is -0.384 e. The number of piperidine rings is 1. The Morgan fingerprint density at radius 1 is 1.24 bits per heavy atom. The summed E-state index contributed by atoms with van der Waals surface area (Å²) in [6.45, 7) is 9.56. The second-order valence-corrected chi connectivity index (χ2v) is 8.02. The summed E-state index contributed by atoms with van der Waals surface area (Å²) < 4.78 is 27.8. The second kappa shape index (κ2) is 6.36. The third-order valence-electron chi connectivity index (χ3n) is 4.38. The average molecular weight is 310 g/mol. The van der Waals surface area contributed by atoms with Crippen molar-refractivity contribution in [1.82, 2.24) is 4.31 Å². The maximum absolute atomic E-state index is 13.1. The molecule has 0 radical (unpaired) electrons. The number of rotatable bonds is 4. The molecule has 3 unspecified atom stereocenters. The van der Waals surface area contributed by atoms with Gasteiger partial charge in [-0.3, -0.25) is 0 Å². The van der Waals surface area contributed by atoms with Gasteiger partial charge in [-0.2, -0.15) is 4.31 Å². The molecule has 0 amide bonds. The minimum atomic E-state index is -3.46. The lowest BCUT2D eigenvalue weighted by Crippen LogP contribution is -2.48. The van der Waals surface area contributed by atoms with Crippen LogP contribution >= 0.6 is 0 Å². The molecule has 0 spiro atoms. The van der Waals surface area contributed by atoms with Gasteiger partial charge in [0.15, 0.2) is 0 Å². The van der Waals surface area contributed by atoms with Crippen molar-refractivity contribution in [3.63, 3.8) is 0 Å². The van der Waals surface area contributed by atoms with Crippen LogP contribution in [0.5, 0.6) is 0 Å². The van der Waals surface area contributed by atoms with E-state index in [1.807, 2.05) is 26.0 Å². The van der Waals surface area contributed by atoms with E-state index >= 15 is 0 Å². The summed E-state index contributed by atoms with van der Waals surface area (Å²) in [6, 6.07) is 7.22. The largest absolute Gasteiger partial charge is 0.384 e. The minimum absolute atomic E-state index is 0.0425. The van der Waals surface area contributed by atoms with Crippen molar-refractivity contribution in [2.24, 2.45) is 11.8 Å². The summed E-state index contributed by atoms with van der Waals surface area (Å²) in [7, 11) is -3.46. The van der Waals surface area contributed by atoms with Gasteiger partial charge in [0.1, 0.15) is 4.90 Å². The molecule has 21 heavy (non-hydrogen) atoms. The van der Waals surface area contributed by atoms with E-state index in [0.717, 1.165) is 6.42 Å². The van der Waals surface area contributed by atoms with Crippen LogP contribution in [0.15, 0.2) is 29.2 Å². The Morgan fingerprint density at radius 2 is 1.90 bits per heavy atom. The van der Waals surface area contributed by atoms with Crippen molar-refractivity contribution in [3.05, 3.63) is 24.3 Å².